The summed E-state index contributed by atoms with van der Waals surface area (Å²) in [7, 11) is 1.63. The smallest absolute Gasteiger partial charge is 0.320 e. The summed E-state index contributed by atoms with van der Waals surface area (Å²) in [6, 6.07) is 0. The first kappa shape index (κ1) is 17.8. The Morgan fingerprint density at radius 1 is 1.26 bits per heavy atom. The number of hydrogen-bond acceptors (Lipinski definition) is 6. The number of ether oxygens (including phenoxy) is 3. The Bertz CT molecular complexity index is 743. The van der Waals surface area contributed by atoms with Crippen LogP contribution in [0.15, 0.2) is 12.2 Å². The van der Waals surface area contributed by atoms with Crippen molar-refractivity contribution < 1.29 is 28.9 Å². The van der Waals surface area contributed by atoms with Crippen LogP contribution in [0.2, 0.25) is 0 Å². The van der Waals surface area contributed by atoms with E-state index in [9.17, 15) is 14.7 Å². The van der Waals surface area contributed by atoms with Crippen molar-refractivity contribution in [3.05, 3.63) is 12.2 Å². The van der Waals surface area contributed by atoms with Crippen LogP contribution in [0, 0.1) is 34.0 Å². The Hall–Kier alpha value is -1.24. The van der Waals surface area contributed by atoms with E-state index in [0.29, 0.717) is 31.4 Å². The van der Waals surface area contributed by atoms with Crippen LogP contribution in [0.1, 0.15) is 39.5 Å². The maximum atomic E-state index is 13.3. The van der Waals surface area contributed by atoms with E-state index in [0.717, 1.165) is 6.42 Å². The fourth-order valence-corrected chi connectivity index (χ4v) is 7.52. The van der Waals surface area contributed by atoms with Gasteiger partial charge in [0.2, 0.25) is 0 Å². The maximum absolute atomic E-state index is 13.3. The van der Waals surface area contributed by atoms with Crippen LogP contribution in [-0.2, 0) is 23.8 Å². The molecule has 6 nitrogen and oxygen atoms in total. The topological polar surface area (TPSA) is 82.1 Å². The molecular formula is C21H28O6. The third kappa shape index (κ3) is 1.83. The van der Waals surface area contributed by atoms with Crippen LogP contribution in [0.3, 0.4) is 0 Å². The number of esters is 1. The van der Waals surface area contributed by atoms with Gasteiger partial charge in [-0.3, -0.25) is 9.59 Å². The van der Waals surface area contributed by atoms with Gasteiger partial charge in [-0.15, -0.1) is 0 Å². The zero-order valence-electron chi connectivity index (χ0n) is 16.2. The number of Topliss-reactive ketones (excluding diaryl/α,β-unsaturated/α-hetero) is 1. The lowest BCUT2D eigenvalue weighted by Crippen LogP contribution is -2.70. The van der Waals surface area contributed by atoms with Gasteiger partial charge in [0, 0.05) is 24.4 Å². The number of methoxy groups -OCH3 is 1. The summed E-state index contributed by atoms with van der Waals surface area (Å²) >= 11 is 0. The van der Waals surface area contributed by atoms with Crippen molar-refractivity contribution in [2.24, 2.45) is 34.0 Å². The van der Waals surface area contributed by atoms with E-state index in [4.69, 9.17) is 14.2 Å². The minimum Gasteiger partial charge on any atom is -0.461 e. The standard InChI is InChI=1S/C21H28O6/c1-10-11-7-12(22)14-20(8-11,16(10)23)18(24)27-13-5-6-19(2,3)15-17(25-4)26-9-21(13,14)15/h11-15,17,22H,1,5-9H2,2-4H3/t11-,12-,13-,14+,15+,17+,20?,21-/m0/s1. The molecule has 1 N–H and O–H groups in total. The Morgan fingerprint density at radius 2 is 2.00 bits per heavy atom. The molecule has 0 aromatic heterocycles. The molecule has 27 heavy (non-hydrogen) atoms. The molecule has 2 bridgehead atoms. The van der Waals surface area contributed by atoms with Crippen molar-refractivity contribution in [3.63, 3.8) is 0 Å². The van der Waals surface area contributed by atoms with Crippen molar-refractivity contribution in [1.29, 1.82) is 0 Å². The van der Waals surface area contributed by atoms with Gasteiger partial charge in [-0.2, -0.15) is 0 Å². The van der Waals surface area contributed by atoms with E-state index >= 15 is 0 Å². The van der Waals surface area contributed by atoms with Gasteiger partial charge >= 0.3 is 5.97 Å². The monoisotopic (exact) mass is 376 g/mol. The van der Waals surface area contributed by atoms with Crippen LogP contribution in [-0.4, -0.2) is 49.1 Å². The second-order valence-electron chi connectivity index (χ2n) is 9.93. The lowest BCUT2D eigenvalue weighted by Gasteiger charge is -2.62. The number of rotatable bonds is 1. The molecule has 5 rings (SSSR count). The Labute approximate surface area is 159 Å². The van der Waals surface area contributed by atoms with Gasteiger partial charge in [0.05, 0.1) is 12.7 Å². The van der Waals surface area contributed by atoms with Gasteiger partial charge in [-0.05, 0) is 42.6 Å². The largest absolute Gasteiger partial charge is 0.461 e. The van der Waals surface area contributed by atoms with Gasteiger partial charge in [0.15, 0.2) is 12.1 Å². The highest BCUT2D eigenvalue weighted by Crippen LogP contribution is 2.71. The third-order valence-electron chi connectivity index (χ3n) is 8.47. The predicted molar refractivity (Wildman–Crippen MR) is 94.4 cm³/mol. The number of carbonyl (C=O) groups is 2. The highest BCUT2D eigenvalue weighted by molar-refractivity contribution is 6.15. The molecule has 6 heteroatoms. The zero-order chi connectivity index (χ0) is 19.4. The summed E-state index contributed by atoms with van der Waals surface area (Å²) in [5, 5.41) is 11.2. The normalized spacial score (nSPS) is 52.8. The molecule has 0 aromatic carbocycles. The highest BCUT2D eigenvalue weighted by atomic mass is 16.7. The molecule has 0 radical (unpaired) electrons. The van der Waals surface area contributed by atoms with Gasteiger partial charge < -0.3 is 19.3 Å². The fraction of sp³-hybridized carbons (Fsp3) is 0.810. The quantitative estimate of drug-likeness (QED) is 0.427. The van der Waals surface area contributed by atoms with E-state index in [1.165, 1.54) is 0 Å². The first-order valence-electron chi connectivity index (χ1n) is 9.97. The molecule has 3 aliphatic carbocycles. The van der Waals surface area contributed by atoms with Crippen LogP contribution >= 0.6 is 0 Å². The summed E-state index contributed by atoms with van der Waals surface area (Å²) in [5.41, 5.74) is -1.57. The summed E-state index contributed by atoms with van der Waals surface area (Å²) in [6.45, 7) is 8.67. The third-order valence-corrected chi connectivity index (χ3v) is 8.47. The predicted octanol–water partition coefficient (Wildman–Crippen LogP) is 1.85. The molecular weight excluding hydrogens is 348 g/mol. The van der Waals surface area contributed by atoms with Gasteiger partial charge in [0.25, 0.3) is 0 Å². The molecule has 8 atom stereocenters. The number of ketones is 1. The lowest BCUT2D eigenvalue weighted by molar-refractivity contribution is -0.252. The Morgan fingerprint density at radius 3 is 2.70 bits per heavy atom. The minimum atomic E-state index is -1.31. The van der Waals surface area contributed by atoms with Crippen LogP contribution in [0.25, 0.3) is 0 Å². The summed E-state index contributed by atoms with van der Waals surface area (Å²) in [4.78, 5) is 26.5. The van der Waals surface area contributed by atoms with Crippen LogP contribution in [0.5, 0.6) is 0 Å². The van der Waals surface area contributed by atoms with Crippen LogP contribution < -0.4 is 0 Å². The molecule has 1 unspecified atom stereocenters. The van der Waals surface area contributed by atoms with Gasteiger partial charge in [0.1, 0.15) is 11.5 Å². The molecule has 148 valence electrons. The number of aliphatic hydroxyl groups excluding tert-OH is 1. The second kappa shape index (κ2) is 5.22. The average molecular weight is 376 g/mol. The molecule has 0 amide bonds. The molecule has 3 saturated carbocycles. The molecule has 5 aliphatic rings. The zero-order valence-corrected chi connectivity index (χ0v) is 16.2. The van der Waals surface area contributed by atoms with E-state index in [-0.39, 0.29) is 29.1 Å². The summed E-state index contributed by atoms with van der Waals surface area (Å²) in [6.07, 6.45) is 0.937. The van der Waals surface area contributed by atoms with E-state index in [2.05, 4.69) is 20.4 Å². The molecule has 2 aliphatic heterocycles. The molecule has 0 aromatic rings. The SMILES string of the molecule is C=C1C(=O)C23C[C@@H]1C[C@H](O)[C@H]2[C@@]12CO[C@@H](OC)[C@@H]1C(C)(C)CC[C@@H]2OC3=O. The van der Waals surface area contributed by atoms with Crippen molar-refractivity contribution in [2.75, 3.05) is 13.7 Å². The fourth-order valence-electron chi connectivity index (χ4n) is 7.52. The second-order valence-corrected chi connectivity index (χ2v) is 9.93. The van der Waals surface area contributed by atoms with Crippen molar-refractivity contribution in [3.8, 4) is 0 Å². The number of aliphatic hydroxyl groups is 1. The average Bonchev–Trinajstić information content (AvgIpc) is 3.10. The summed E-state index contributed by atoms with van der Waals surface area (Å²) < 4.78 is 17.8. The molecule has 2 saturated heterocycles. The number of allylic oxidation sites excluding steroid dienone is 1. The van der Waals surface area contributed by atoms with Gasteiger partial charge in [-0.25, -0.2) is 0 Å². The highest BCUT2D eigenvalue weighted by Gasteiger charge is 2.79. The number of carbonyl (C=O) groups excluding carboxylic acids is 2. The van der Waals surface area contributed by atoms with Crippen molar-refractivity contribution in [1.82, 2.24) is 0 Å². The number of hydrogen-bond donors (Lipinski definition) is 1. The van der Waals surface area contributed by atoms with E-state index in [1.54, 1.807) is 7.11 Å². The van der Waals surface area contributed by atoms with Crippen molar-refractivity contribution >= 4 is 11.8 Å². The molecule has 2 spiro atoms. The number of fused-ring (bicyclic) bond motifs is 1. The van der Waals surface area contributed by atoms with Crippen LogP contribution in [0.4, 0.5) is 0 Å². The molecule has 2 heterocycles. The first-order chi connectivity index (χ1) is 12.7. The first-order valence-corrected chi connectivity index (χ1v) is 9.97. The molecule has 5 fully saturated rings. The lowest BCUT2D eigenvalue weighted by atomic mass is 9.43. The Kier molecular flexibility index (Phi) is 3.45. The van der Waals surface area contributed by atoms with E-state index in [1.807, 2.05) is 0 Å². The van der Waals surface area contributed by atoms with E-state index < -0.39 is 35.1 Å². The minimum absolute atomic E-state index is 0.0587. The maximum Gasteiger partial charge on any atom is 0.320 e. The van der Waals surface area contributed by atoms with Crippen molar-refractivity contribution in [2.45, 2.75) is 58.0 Å². The summed E-state index contributed by atoms with van der Waals surface area (Å²) in [5.74, 6) is -1.40. The Balaban J connectivity index is 1.74. The van der Waals surface area contributed by atoms with Gasteiger partial charge in [-0.1, -0.05) is 20.4 Å².